The van der Waals surface area contributed by atoms with Crippen LogP contribution in [0.25, 0.3) is 0 Å². The van der Waals surface area contributed by atoms with Gasteiger partial charge in [-0.3, -0.25) is 4.90 Å². The molecule has 1 fully saturated rings. The largest absolute Gasteiger partial charge is 0.461 e. The molecule has 0 amide bonds. The first-order valence-electron chi connectivity index (χ1n) is 6.30. The number of alkyl halides is 2. The summed E-state index contributed by atoms with van der Waals surface area (Å²) in [5.74, 6) is -3.00. The number of carbonyl (C=O) groups is 1. The summed E-state index contributed by atoms with van der Waals surface area (Å²) in [6.07, 6.45) is -0.112. The summed E-state index contributed by atoms with van der Waals surface area (Å²) >= 11 is 0. The Bertz CT molecular complexity index is 463. The molecule has 0 saturated carbocycles. The number of nitrogens with zero attached hydrogens (tertiary/aromatic N) is 1. The molecular weight excluding hydrogens is 252 g/mol. The van der Waals surface area contributed by atoms with Crippen molar-refractivity contribution in [1.82, 2.24) is 4.90 Å². The highest BCUT2D eigenvalue weighted by Gasteiger charge is 2.37. The number of carbonyl (C=O) groups excluding carboxylic acids is 1. The Balaban J connectivity index is 1.76. The maximum absolute atomic E-state index is 12.9. The predicted molar refractivity (Wildman–Crippen MR) is 67.5 cm³/mol. The normalized spacial score (nSPS) is 18.5. The molecular formula is C14H17F2NO2. The van der Waals surface area contributed by atoms with Crippen molar-refractivity contribution >= 4 is 5.97 Å². The van der Waals surface area contributed by atoms with Crippen LogP contribution in [0.5, 0.6) is 0 Å². The smallest absolute Gasteiger partial charge is 0.338 e. The molecule has 1 aliphatic rings. The van der Waals surface area contributed by atoms with E-state index in [9.17, 15) is 13.6 Å². The molecule has 1 heterocycles. The van der Waals surface area contributed by atoms with Gasteiger partial charge < -0.3 is 4.74 Å². The number of aryl methyl sites for hydroxylation is 1. The lowest BCUT2D eigenvalue weighted by molar-refractivity contribution is 0.00952. The SMILES string of the molecule is Cc1cccc(C(=O)OCCN2CCC(F)(F)C2)c1. The number of likely N-dealkylation sites (tertiary alicyclic amines) is 1. The molecule has 5 heteroatoms. The molecule has 0 aromatic heterocycles. The molecule has 0 radical (unpaired) electrons. The lowest BCUT2D eigenvalue weighted by Crippen LogP contribution is -2.29. The average Bonchev–Trinajstić information content (AvgIpc) is 2.69. The number of ether oxygens (including phenoxy) is 1. The van der Waals surface area contributed by atoms with Crippen LogP contribution in [-0.2, 0) is 4.74 Å². The van der Waals surface area contributed by atoms with E-state index in [1.165, 1.54) is 0 Å². The lowest BCUT2D eigenvalue weighted by atomic mass is 10.1. The molecule has 104 valence electrons. The zero-order valence-corrected chi connectivity index (χ0v) is 10.9. The predicted octanol–water partition coefficient (Wildman–Crippen LogP) is 2.49. The first kappa shape index (κ1) is 13.9. The highest BCUT2D eigenvalue weighted by atomic mass is 19.3. The van der Waals surface area contributed by atoms with Crippen LogP contribution in [0.4, 0.5) is 8.78 Å². The van der Waals surface area contributed by atoms with Gasteiger partial charge in [-0.2, -0.15) is 0 Å². The fourth-order valence-corrected chi connectivity index (χ4v) is 2.12. The monoisotopic (exact) mass is 269 g/mol. The molecule has 1 aromatic carbocycles. The fraction of sp³-hybridized carbons (Fsp3) is 0.500. The summed E-state index contributed by atoms with van der Waals surface area (Å²) in [7, 11) is 0. The van der Waals surface area contributed by atoms with Gasteiger partial charge in [0.05, 0.1) is 12.1 Å². The number of rotatable bonds is 4. The maximum atomic E-state index is 12.9. The summed E-state index contributed by atoms with van der Waals surface area (Å²) < 4.78 is 31.0. The van der Waals surface area contributed by atoms with Gasteiger partial charge in [-0.1, -0.05) is 17.7 Å². The van der Waals surface area contributed by atoms with E-state index in [0.29, 0.717) is 18.7 Å². The zero-order chi connectivity index (χ0) is 13.9. The molecule has 2 rings (SSSR count). The third-order valence-electron chi connectivity index (χ3n) is 3.14. The van der Waals surface area contributed by atoms with Crippen LogP contribution >= 0.6 is 0 Å². The van der Waals surface area contributed by atoms with E-state index in [1.807, 2.05) is 13.0 Å². The summed E-state index contributed by atoms with van der Waals surface area (Å²) in [5.41, 5.74) is 1.47. The van der Waals surface area contributed by atoms with Crippen molar-refractivity contribution in [1.29, 1.82) is 0 Å². The first-order chi connectivity index (χ1) is 8.96. The molecule has 0 atom stereocenters. The van der Waals surface area contributed by atoms with E-state index in [1.54, 1.807) is 23.1 Å². The van der Waals surface area contributed by atoms with Gasteiger partial charge in [0, 0.05) is 19.5 Å². The Kier molecular flexibility index (Phi) is 4.14. The quantitative estimate of drug-likeness (QED) is 0.786. The minimum Gasteiger partial charge on any atom is -0.461 e. The van der Waals surface area contributed by atoms with Crippen molar-refractivity contribution in [3.8, 4) is 0 Å². The fourth-order valence-electron chi connectivity index (χ4n) is 2.12. The molecule has 3 nitrogen and oxygen atoms in total. The third kappa shape index (κ3) is 3.99. The van der Waals surface area contributed by atoms with Gasteiger partial charge in [-0.25, -0.2) is 13.6 Å². The maximum Gasteiger partial charge on any atom is 0.338 e. The Morgan fingerprint density at radius 2 is 2.26 bits per heavy atom. The second-order valence-corrected chi connectivity index (χ2v) is 4.89. The number of esters is 1. The Labute approximate surface area is 111 Å². The van der Waals surface area contributed by atoms with Gasteiger partial charge in [0.15, 0.2) is 0 Å². The van der Waals surface area contributed by atoms with Crippen molar-refractivity contribution in [2.24, 2.45) is 0 Å². The first-order valence-corrected chi connectivity index (χ1v) is 6.30. The topological polar surface area (TPSA) is 29.5 Å². The van der Waals surface area contributed by atoms with Crippen LogP contribution in [0.2, 0.25) is 0 Å². The number of hydrogen-bond donors (Lipinski definition) is 0. The number of halogens is 2. The van der Waals surface area contributed by atoms with Crippen molar-refractivity contribution in [2.45, 2.75) is 19.3 Å². The number of benzene rings is 1. The van der Waals surface area contributed by atoms with E-state index in [2.05, 4.69) is 0 Å². The van der Waals surface area contributed by atoms with Gasteiger partial charge in [0.25, 0.3) is 5.92 Å². The Morgan fingerprint density at radius 3 is 2.89 bits per heavy atom. The van der Waals surface area contributed by atoms with Crippen molar-refractivity contribution in [3.63, 3.8) is 0 Å². The Morgan fingerprint density at radius 1 is 1.47 bits per heavy atom. The molecule has 1 aliphatic heterocycles. The van der Waals surface area contributed by atoms with Crippen LogP contribution in [-0.4, -0.2) is 43.0 Å². The molecule has 0 spiro atoms. The molecule has 0 unspecified atom stereocenters. The van der Waals surface area contributed by atoms with Gasteiger partial charge in [-0.05, 0) is 19.1 Å². The molecule has 0 bridgehead atoms. The third-order valence-corrected chi connectivity index (χ3v) is 3.14. The van der Waals surface area contributed by atoms with Crippen LogP contribution in [0, 0.1) is 6.92 Å². The highest BCUT2D eigenvalue weighted by Crippen LogP contribution is 2.26. The van der Waals surface area contributed by atoms with Crippen LogP contribution in [0.3, 0.4) is 0 Å². The minimum atomic E-state index is -2.60. The molecule has 1 saturated heterocycles. The lowest BCUT2D eigenvalue weighted by Gasteiger charge is -2.15. The van der Waals surface area contributed by atoms with E-state index in [-0.39, 0.29) is 19.6 Å². The van der Waals surface area contributed by atoms with Gasteiger partial charge in [0.1, 0.15) is 6.61 Å². The molecule has 0 N–H and O–H groups in total. The standard InChI is InChI=1S/C14H17F2NO2/c1-11-3-2-4-12(9-11)13(18)19-8-7-17-6-5-14(15,16)10-17/h2-4,9H,5-8,10H2,1H3. The van der Waals surface area contributed by atoms with E-state index in [4.69, 9.17) is 4.74 Å². The van der Waals surface area contributed by atoms with Gasteiger partial charge in [0.2, 0.25) is 0 Å². The van der Waals surface area contributed by atoms with Gasteiger partial charge >= 0.3 is 5.97 Å². The van der Waals surface area contributed by atoms with Crippen molar-refractivity contribution in [2.75, 3.05) is 26.2 Å². The van der Waals surface area contributed by atoms with Crippen molar-refractivity contribution < 1.29 is 18.3 Å². The molecule has 19 heavy (non-hydrogen) atoms. The summed E-state index contributed by atoms with van der Waals surface area (Å²) in [5, 5.41) is 0. The number of hydrogen-bond acceptors (Lipinski definition) is 3. The minimum absolute atomic E-state index is 0.112. The summed E-state index contributed by atoms with van der Waals surface area (Å²) in [6, 6.07) is 7.10. The highest BCUT2D eigenvalue weighted by molar-refractivity contribution is 5.89. The van der Waals surface area contributed by atoms with Crippen LogP contribution in [0.15, 0.2) is 24.3 Å². The summed E-state index contributed by atoms with van der Waals surface area (Å²) in [6.45, 7) is 2.50. The summed E-state index contributed by atoms with van der Waals surface area (Å²) in [4.78, 5) is 13.3. The van der Waals surface area contributed by atoms with Crippen LogP contribution in [0.1, 0.15) is 22.3 Å². The second-order valence-electron chi connectivity index (χ2n) is 4.89. The molecule has 0 aliphatic carbocycles. The zero-order valence-electron chi connectivity index (χ0n) is 10.9. The van der Waals surface area contributed by atoms with E-state index < -0.39 is 11.9 Å². The average molecular weight is 269 g/mol. The van der Waals surface area contributed by atoms with Crippen LogP contribution < -0.4 is 0 Å². The van der Waals surface area contributed by atoms with E-state index >= 15 is 0 Å². The Hall–Kier alpha value is -1.49. The molecule has 1 aromatic rings. The van der Waals surface area contributed by atoms with Crippen molar-refractivity contribution in [3.05, 3.63) is 35.4 Å². The second kappa shape index (κ2) is 5.65. The van der Waals surface area contributed by atoms with E-state index in [0.717, 1.165) is 5.56 Å². The van der Waals surface area contributed by atoms with Gasteiger partial charge in [-0.15, -0.1) is 0 Å².